The maximum absolute atomic E-state index is 14.4. The fourth-order valence-electron chi connectivity index (χ4n) is 3.01. The molecule has 3 N–H and O–H groups in total. The standard InChI is InChI=1S/C17H25FN2O3/c1-2-19-17(23)15-14(18)16(22)13(21)11-20(15)10-6-9-12-7-4-3-5-8-12/h3-5,7-8,13-16,21-22H,2,6,9-11H2,1H3,(H,19,23)/t13-,14+,15+,16+/m1/s1. The minimum absolute atomic E-state index is 0.0954. The Kier molecular flexibility index (Phi) is 6.50. The van der Waals surface area contributed by atoms with Gasteiger partial charge in [-0.1, -0.05) is 30.3 Å². The largest absolute Gasteiger partial charge is 0.389 e. The summed E-state index contributed by atoms with van der Waals surface area (Å²) in [6.07, 6.45) is -2.92. The van der Waals surface area contributed by atoms with Gasteiger partial charge in [0.05, 0.1) is 6.10 Å². The lowest BCUT2D eigenvalue weighted by molar-refractivity contribution is -0.146. The number of nitrogens with one attached hydrogen (secondary N) is 1. The summed E-state index contributed by atoms with van der Waals surface area (Å²) < 4.78 is 14.4. The van der Waals surface area contributed by atoms with E-state index < -0.39 is 30.3 Å². The summed E-state index contributed by atoms with van der Waals surface area (Å²) in [5.74, 6) is -0.439. The Balaban J connectivity index is 1.99. The van der Waals surface area contributed by atoms with E-state index in [4.69, 9.17) is 0 Å². The van der Waals surface area contributed by atoms with Gasteiger partial charge in [0.1, 0.15) is 12.1 Å². The third kappa shape index (κ3) is 4.50. The SMILES string of the molecule is CCNC(=O)[C@@H]1[C@H](F)[C@@H](O)[C@H](O)CN1CCCc1ccccc1. The number of alkyl halides is 1. The van der Waals surface area contributed by atoms with Crippen LogP contribution >= 0.6 is 0 Å². The van der Waals surface area contributed by atoms with Crippen LogP contribution in [0.3, 0.4) is 0 Å². The molecule has 1 aliphatic heterocycles. The van der Waals surface area contributed by atoms with E-state index in [1.807, 2.05) is 30.3 Å². The predicted molar refractivity (Wildman–Crippen MR) is 85.7 cm³/mol. The molecule has 1 heterocycles. The first-order valence-corrected chi connectivity index (χ1v) is 8.10. The van der Waals surface area contributed by atoms with E-state index in [1.54, 1.807) is 11.8 Å². The Labute approximate surface area is 136 Å². The van der Waals surface area contributed by atoms with Crippen LogP contribution in [0.1, 0.15) is 18.9 Å². The van der Waals surface area contributed by atoms with Gasteiger partial charge in [-0.25, -0.2) is 4.39 Å². The van der Waals surface area contributed by atoms with Crippen LogP contribution < -0.4 is 5.32 Å². The lowest BCUT2D eigenvalue weighted by Gasteiger charge is -2.41. The van der Waals surface area contributed by atoms with Gasteiger partial charge >= 0.3 is 0 Å². The number of likely N-dealkylation sites (tertiary alicyclic amines) is 1. The molecule has 0 radical (unpaired) electrons. The lowest BCUT2D eigenvalue weighted by atomic mass is 9.93. The zero-order valence-electron chi connectivity index (χ0n) is 13.4. The van der Waals surface area contributed by atoms with Crippen molar-refractivity contribution in [1.29, 1.82) is 0 Å². The number of amides is 1. The summed E-state index contributed by atoms with van der Waals surface area (Å²) in [5, 5.41) is 22.1. The lowest BCUT2D eigenvalue weighted by Crippen LogP contribution is -2.64. The van der Waals surface area contributed by atoms with Gasteiger partial charge < -0.3 is 15.5 Å². The molecule has 1 saturated heterocycles. The van der Waals surface area contributed by atoms with Crippen molar-refractivity contribution in [1.82, 2.24) is 10.2 Å². The molecule has 0 unspecified atom stereocenters. The normalized spacial score (nSPS) is 28.5. The minimum atomic E-state index is -1.79. The summed E-state index contributed by atoms with van der Waals surface area (Å²) in [4.78, 5) is 13.8. The van der Waals surface area contributed by atoms with Crippen LogP contribution in [0.15, 0.2) is 30.3 Å². The second-order valence-corrected chi connectivity index (χ2v) is 5.93. The molecule has 23 heavy (non-hydrogen) atoms. The Morgan fingerprint density at radius 2 is 2.04 bits per heavy atom. The van der Waals surface area contributed by atoms with Crippen molar-refractivity contribution in [3.05, 3.63) is 35.9 Å². The molecule has 6 heteroatoms. The van der Waals surface area contributed by atoms with Crippen molar-refractivity contribution >= 4 is 5.91 Å². The second-order valence-electron chi connectivity index (χ2n) is 5.93. The van der Waals surface area contributed by atoms with Gasteiger partial charge in [-0.3, -0.25) is 9.69 Å². The van der Waals surface area contributed by atoms with E-state index >= 15 is 0 Å². The fraction of sp³-hybridized carbons (Fsp3) is 0.588. The molecule has 0 spiro atoms. The Hall–Kier alpha value is -1.50. The van der Waals surface area contributed by atoms with Crippen molar-refractivity contribution in [2.45, 2.75) is 44.2 Å². The van der Waals surface area contributed by atoms with Crippen LogP contribution in [-0.4, -0.2) is 65.1 Å². The van der Waals surface area contributed by atoms with E-state index in [1.165, 1.54) is 5.56 Å². The van der Waals surface area contributed by atoms with E-state index in [0.29, 0.717) is 13.1 Å². The van der Waals surface area contributed by atoms with E-state index in [0.717, 1.165) is 12.8 Å². The molecule has 0 aromatic heterocycles. The molecule has 0 bridgehead atoms. The topological polar surface area (TPSA) is 72.8 Å². The zero-order chi connectivity index (χ0) is 16.8. The minimum Gasteiger partial charge on any atom is -0.389 e. The van der Waals surface area contributed by atoms with Crippen LogP contribution in [0.2, 0.25) is 0 Å². The van der Waals surface area contributed by atoms with E-state index in [2.05, 4.69) is 5.32 Å². The molecular formula is C17H25FN2O3. The quantitative estimate of drug-likeness (QED) is 0.712. The first-order chi connectivity index (χ1) is 11.0. The highest BCUT2D eigenvalue weighted by Gasteiger charge is 2.45. The summed E-state index contributed by atoms with van der Waals surface area (Å²) in [6, 6.07) is 8.87. The smallest absolute Gasteiger partial charge is 0.240 e. The molecule has 1 aromatic carbocycles. The highest BCUT2D eigenvalue weighted by molar-refractivity contribution is 5.82. The Morgan fingerprint density at radius 1 is 1.35 bits per heavy atom. The molecule has 1 aliphatic rings. The van der Waals surface area contributed by atoms with Gasteiger partial charge in [-0.15, -0.1) is 0 Å². The first-order valence-electron chi connectivity index (χ1n) is 8.10. The molecule has 1 aromatic rings. The van der Waals surface area contributed by atoms with Crippen molar-refractivity contribution in [2.24, 2.45) is 0 Å². The average Bonchev–Trinajstić information content (AvgIpc) is 2.54. The maximum atomic E-state index is 14.4. The number of β-amino-alcohol motifs (C(OH)–C–C–N with tert-alkyl or cyclic N) is 1. The molecule has 0 saturated carbocycles. The maximum Gasteiger partial charge on any atom is 0.240 e. The highest BCUT2D eigenvalue weighted by Crippen LogP contribution is 2.22. The van der Waals surface area contributed by atoms with Crippen LogP contribution in [0.5, 0.6) is 0 Å². The number of aryl methyl sites for hydroxylation is 1. The van der Waals surface area contributed by atoms with Gasteiger partial charge in [-0.05, 0) is 31.9 Å². The van der Waals surface area contributed by atoms with E-state index in [9.17, 15) is 19.4 Å². The molecule has 2 rings (SSSR count). The fourth-order valence-corrected chi connectivity index (χ4v) is 3.01. The highest BCUT2D eigenvalue weighted by atomic mass is 19.1. The Bertz CT molecular complexity index is 500. The molecule has 128 valence electrons. The predicted octanol–water partition coefficient (Wildman–Crippen LogP) is 0.499. The number of hydrogen-bond acceptors (Lipinski definition) is 4. The number of rotatable bonds is 6. The third-order valence-electron chi connectivity index (χ3n) is 4.21. The molecule has 4 atom stereocenters. The number of hydrogen-bond donors (Lipinski definition) is 3. The number of nitrogens with zero attached hydrogens (tertiary/aromatic N) is 1. The number of halogens is 1. The van der Waals surface area contributed by atoms with Crippen LogP contribution in [0, 0.1) is 0 Å². The Morgan fingerprint density at radius 3 is 2.70 bits per heavy atom. The number of likely N-dealkylation sites (N-methyl/N-ethyl adjacent to an activating group) is 1. The van der Waals surface area contributed by atoms with Gasteiger partial charge in [-0.2, -0.15) is 0 Å². The van der Waals surface area contributed by atoms with Crippen LogP contribution in [0.4, 0.5) is 4.39 Å². The average molecular weight is 324 g/mol. The van der Waals surface area contributed by atoms with Gasteiger partial charge in [0.25, 0.3) is 0 Å². The number of piperidine rings is 1. The summed E-state index contributed by atoms with van der Waals surface area (Å²) in [7, 11) is 0. The summed E-state index contributed by atoms with van der Waals surface area (Å²) in [6.45, 7) is 2.75. The van der Waals surface area contributed by atoms with E-state index in [-0.39, 0.29) is 6.54 Å². The number of aliphatic hydroxyl groups is 2. The summed E-state index contributed by atoms with van der Waals surface area (Å²) >= 11 is 0. The number of benzene rings is 1. The van der Waals surface area contributed by atoms with Crippen LogP contribution in [-0.2, 0) is 11.2 Å². The number of carbonyl (C=O) groups is 1. The van der Waals surface area contributed by atoms with Crippen molar-refractivity contribution < 1.29 is 19.4 Å². The van der Waals surface area contributed by atoms with Crippen molar-refractivity contribution in [2.75, 3.05) is 19.6 Å². The van der Waals surface area contributed by atoms with Crippen molar-refractivity contribution in [3.8, 4) is 0 Å². The molecule has 5 nitrogen and oxygen atoms in total. The first kappa shape index (κ1) is 17.8. The number of carbonyl (C=O) groups excluding carboxylic acids is 1. The van der Waals surface area contributed by atoms with Gasteiger partial charge in [0.2, 0.25) is 5.91 Å². The number of aliphatic hydroxyl groups excluding tert-OH is 2. The van der Waals surface area contributed by atoms with Gasteiger partial charge in [0, 0.05) is 13.1 Å². The molecule has 1 fully saturated rings. The van der Waals surface area contributed by atoms with Crippen molar-refractivity contribution in [3.63, 3.8) is 0 Å². The monoisotopic (exact) mass is 324 g/mol. The molecular weight excluding hydrogens is 299 g/mol. The second kappa shape index (κ2) is 8.38. The van der Waals surface area contributed by atoms with Gasteiger partial charge in [0.15, 0.2) is 6.17 Å². The van der Waals surface area contributed by atoms with Crippen LogP contribution in [0.25, 0.3) is 0 Å². The summed E-state index contributed by atoms with van der Waals surface area (Å²) in [5.41, 5.74) is 1.18. The zero-order valence-corrected chi connectivity index (χ0v) is 13.4. The third-order valence-corrected chi connectivity index (χ3v) is 4.21. The molecule has 1 amide bonds. The molecule has 0 aliphatic carbocycles.